The second kappa shape index (κ2) is 9.85. The average Bonchev–Trinajstić information content (AvgIpc) is 3.13. The van der Waals surface area contributed by atoms with Gasteiger partial charge in [0.25, 0.3) is 5.91 Å². The lowest BCUT2D eigenvalue weighted by molar-refractivity contribution is -0.173. The van der Waals surface area contributed by atoms with Crippen molar-refractivity contribution in [2.24, 2.45) is 11.1 Å². The summed E-state index contributed by atoms with van der Waals surface area (Å²) in [7, 11) is 0. The molecule has 1 heterocycles. The summed E-state index contributed by atoms with van der Waals surface area (Å²) in [4.78, 5) is 24.8. The third kappa shape index (κ3) is 6.87. The average molecular weight is 396 g/mol. The molecular formula is C21H37N3O4. The van der Waals surface area contributed by atoms with Crippen LogP contribution in [-0.2, 0) is 19.1 Å². The van der Waals surface area contributed by atoms with Gasteiger partial charge in [0, 0.05) is 29.8 Å². The van der Waals surface area contributed by atoms with Crippen LogP contribution in [0, 0.1) is 5.41 Å². The van der Waals surface area contributed by atoms with Crippen molar-refractivity contribution in [1.29, 1.82) is 0 Å². The minimum atomic E-state index is -0.815. The molecule has 0 radical (unpaired) electrons. The molecule has 4 N–H and O–H groups in total. The van der Waals surface area contributed by atoms with E-state index in [4.69, 9.17) is 15.2 Å². The molecule has 2 aliphatic rings. The van der Waals surface area contributed by atoms with Gasteiger partial charge in [0.2, 0.25) is 5.91 Å². The second-order valence-corrected chi connectivity index (χ2v) is 9.16. The zero-order chi connectivity index (χ0) is 20.8. The van der Waals surface area contributed by atoms with Crippen LogP contribution in [0.2, 0.25) is 0 Å². The van der Waals surface area contributed by atoms with E-state index in [2.05, 4.69) is 10.6 Å². The zero-order valence-electron chi connectivity index (χ0n) is 17.8. The number of amides is 2. The molecule has 7 nitrogen and oxygen atoms in total. The molecular weight excluding hydrogens is 358 g/mol. The Bertz CT molecular complexity index is 574. The second-order valence-electron chi connectivity index (χ2n) is 9.16. The minimum absolute atomic E-state index is 0.210. The fourth-order valence-electron chi connectivity index (χ4n) is 3.51. The summed E-state index contributed by atoms with van der Waals surface area (Å²) in [6.07, 6.45) is 8.59. The lowest BCUT2D eigenvalue weighted by Gasteiger charge is -2.30. The van der Waals surface area contributed by atoms with Crippen molar-refractivity contribution < 1.29 is 19.1 Å². The van der Waals surface area contributed by atoms with E-state index in [0.29, 0.717) is 25.0 Å². The molecule has 160 valence electrons. The van der Waals surface area contributed by atoms with Gasteiger partial charge in [-0.05, 0) is 46.0 Å². The van der Waals surface area contributed by atoms with Crippen molar-refractivity contribution >= 4 is 11.8 Å². The molecule has 2 rings (SSSR count). The van der Waals surface area contributed by atoms with Gasteiger partial charge in [-0.15, -0.1) is 0 Å². The van der Waals surface area contributed by atoms with Crippen LogP contribution in [0.5, 0.6) is 0 Å². The van der Waals surface area contributed by atoms with Crippen LogP contribution in [0.1, 0.15) is 72.6 Å². The maximum Gasteiger partial charge on any atom is 0.252 e. The number of hydrogen-bond acceptors (Lipinski definition) is 6. The van der Waals surface area contributed by atoms with Crippen molar-refractivity contribution in [2.45, 2.75) is 90.5 Å². The minimum Gasteiger partial charge on any atom is -0.401 e. The Morgan fingerprint density at radius 2 is 1.75 bits per heavy atom. The Morgan fingerprint density at radius 1 is 1.11 bits per heavy atom. The van der Waals surface area contributed by atoms with Gasteiger partial charge in [-0.2, -0.15) is 0 Å². The SMILES string of the molecule is CC(C)(COC1CCCCO1)C(N)=CC(=O)NC(=O)C(C)(C)NC1CCCC1. The van der Waals surface area contributed by atoms with E-state index < -0.39 is 16.9 Å². The number of carbonyl (C=O) groups is 2. The Kier molecular flexibility index (Phi) is 8.04. The van der Waals surface area contributed by atoms with E-state index in [1.54, 1.807) is 13.8 Å². The predicted octanol–water partition coefficient (Wildman–Crippen LogP) is 2.35. The van der Waals surface area contributed by atoms with Gasteiger partial charge in [0.1, 0.15) is 0 Å². The summed E-state index contributed by atoms with van der Waals surface area (Å²) in [6, 6.07) is 0.328. The van der Waals surface area contributed by atoms with Gasteiger partial charge in [-0.3, -0.25) is 14.9 Å². The first-order valence-electron chi connectivity index (χ1n) is 10.4. The molecule has 0 aromatic heterocycles. The van der Waals surface area contributed by atoms with Gasteiger partial charge in [-0.25, -0.2) is 0 Å². The van der Waals surface area contributed by atoms with Crippen LogP contribution < -0.4 is 16.4 Å². The fourth-order valence-corrected chi connectivity index (χ4v) is 3.51. The molecule has 1 aliphatic heterocycles. The Hall–Kier alpha value is -1.44. The van der Waals surface area contributed by atoms with Gasteiger partial charge >= 0.3 is 0 Å². The maximum atomic E-state index is 12.5. The first kappa shape index (κ1) is 22.8. The number of ether oxygens (including phenoxy) is 2. The molecule has 28 heavy (non-hydrogen) atoms. The van der Waals surface area contributed by atoms with Crippen LogP contribution in [0.15, 0.2) is 11.8 Å². The topological polar surface area (TPSA) is 103 Å². The van der Waals surface area contributed by atoms with Crippen LogP contribution >= 0.6 is 0 Å². The Balaban J connectivity index is 1.85. The smallest absolute Gasteiger partial charge is 0.252 e. The van der Waals surface area contributed by atoms with Crippen molar-refractivity contribution in [3.63, 3.8) is 0 Å². The van der Waals surface area contributed by atoms with E-state index in [1.807, 2.05) is 13.8 Å². The fraction of sp³-hybridized carbons (Fsp3) is 0.810. The third-order valence-electron chi connectivity index (χ3n) is 5.56. The van der Waals surface area contributed by atoms with Crippen molar-refractivity contribution in [3.8, 4) is 0 Å². The lowest BCUT2D eigenvalue weighted by Crippen LogP contribution is -2.56. The molecule has 0 bridgehead atoms. The zero-order valence-corrected chi connectivity index (χ0v) is 17.8. The highest BCUT2D eigenvalue weighted by Crippen LogP contribution is 2.25. The number of rotatable bonds is 8. The van der Waals surface area contributed by atoms with Crippen molar-refractivity contribution in [1.82, 2.24) is 10.6 Å². The molecule has 0 aromatic rings. The molecule has 1 saturated carbocycles. The summed E-state index contributed by atoms with van der Waals surface area (Å²) >= 11 is 0. The summed E-state index contributed by atoms with van der Waals surface area (Å²) in [5.74, 6) is -0.857. The van der Waals surface area contributed by atoms with Gasteiger partial charge in [0.05, 0.1) is 12.1 Å². The largest absolute Gasteiger partial charge is 0.401 e. The van der Waals surface area contributed by atoms with Crippen LogP contribution in [0.3, 0.4) is 0 Å². The molecule has 2 amide bonds. The first-order valence-corrected chi connectivity index (χ1v) is 10.4. The molecule has 0 aromatic carbocycles. The van der Waals surface area contributed by atoms with Crippen LogP contribution in [-0.4, -0.2) is 42.9 Å². The highest BCUT2D eigenvalue weighted by atomic mass is 16.7. The van der Waals surface area contributed by atoms with Gasteiger partial charge in [0.15, 0.2) is 6.29 Å². The first-order chi connectivity index (χ1) is 13.1. The normalized spacial score (nSPS) is 22.3. The van der Waals surface area contributed by atoms with Crippen LogP contribution in [0.4, 0.5) is 0 Å². The predicted molar refractivity (Wildman–Crippen MR) is 108 cm³/mol. The van der Waals surface area contributed by atoms with Crippen molar-refractivity contribution in [2.75, 3.05) is 13.2 Å². The summed E-state index contributed by atoms with van der Waals surface area (Å²) < 4.78 is 11.4. The molecule has 1 saturated heterocycles. The molecule has 2 fully saturated rings. The van der Waals surface area contributed by atoms with E-state index in [9.17, 15) is 9.59 Å². The molecule has 1 atom stereocenters. The lowest BCUT2D eigenvalue weighted by atomic mass is 9.90. The van der Waals surface area contributed by atoms with Gasteiger partial charge < -0.3 is 20.5 Å². The van der Waals surface area contributed by atoms with E-state index >= 15 is 0 Å². The third-order valence-corrected chi connectivity index (χ3v) is 5.56. The highest BCUT2D eigenvalue weighted by Gasteiger charge is 2.32. The quantitative estimate of drug-likeness (QED) is 0.545. The Morgan fingerprint density at radius 3 is 2.36 bits per heavy atom. The maximum absolute atomic E-state index is 12.5. The number of hydrogen-bond donors (Lipinski definition) is 3. The monoisotopic (exact) mass is 395 g/mol. The molecule has 7 heteroatoms. The summed E-state index contributed by atoms with van der Waals surface area (Å²) in [5.41, 5.74) is 5.15. The summed E-state index contributed by atoms with van der Waals surface area (Å²) in [5, 5.41) is 5.79. The van der Waals surface area contributed by atoms with Crippen molar-refractivity contribution in [3.05, 3.63) is 11.8 Å². The van der Waals surface area contributed by atoms with E-state index in [1.165, 1.54) is 18.9 Å². The molecule has 1 unspecified atom stereocenters. The highest BCUT2D eigenvalue weighted by molar-refractivity contribution is 6.04. The molecule has 1 aliphatic carbocycles. The number of carbonyl (C=O) groups excluding carboxylic acids is 2. The number of imide groups is 1. The number of nitrogens with two attached hydrogens (primary N) is 1. The molecule has 0 spiro atoms. The number of nitrogens with one attached hydrogen (secondary N) is 2. The summed E-state index contributed by atoms with van der Waals surface area (Å²) in [6.45, 7) is 8.46. The van der Waals surface area contributed by atoms with E-state index in [0.717, 1.165) is 32.1 Å². The van der Waals surface area contributed by atoms with Crippen LogP contribution in [0.25, 0.3) is 0 Å². The van der Waals surface area contributed by atoms with E-state index in [-0.39, 0.29) is 12.2 Å². The standard InChI is InChI=1S/C21H37N3O4/c1-20(2,14-28-18-11-7-8-12-27-18)16(22)13-17(25)23-19(26)21(3,4)24-15-9-5-6-10-15/h13,15,18,24H,5-12,14,22H2,1-4H3,(H,23,25,26). The Labute approximate surface area is 168 Å². The van der Waals surface area contributed by atoms with Gasteiger partial charge in [-0.1, -0.05) is 26.7 Å².